The van der Waals surface area contributed by atoms with Crippen LogP contribution in [0.1, 0.15) is 64.9 Å². The van der Waals surface area contributed by atoms with Gasteiger partial charge in [0.05, 0.1) is 17.6 Å². The van der Waals surface area contributed by atoms with Crippen molar-refractivity contribution in [1.29, 1.82) is 0 Å². The molecule has 20 heavy (non-hydrogen) atoms. The monoisotopic (exact) mass is 276 g/mol. The predicted molar refractivity (Wildman–Crippen MR) is 84.2 cm³/mol. The highest BCUT2D eigenvalue weighted by Gasteiger charge is 2.33. The van der Waals surface area contributed by atoms with Gasteiger partial charge < -0.3 is 10.2 Å². The standard InChI is InChI=1S/C16H28N4/c1-6-17-10-13-14(11-18-15(19-13)12(2)3)20-9-7-8-16(20,4)5/h11-12,17H,6-10H2,1-5H3. The van der Waals surface area contributed by atoms with Crippen LogP contribution in [-0.4, -0.2) is 28.6 Å². The van der Waals surface area contributed by atoms with Gasteiger partial charge in [0.1, 0.15) is 5.82 Å². The lowest BCUT2D eigenvalue weighted by atomic mass is 10.0. The Bertz CT molecular complexity index is 454. The van der Waals surface area contributed by atoms with Crippen molar-refractivity contribution >= 4 is 5.69 Å². The summed E-state index contributed by atoms with van der Waals surface area (Å²) < 4.78 is 0. The number of hydrogen-bond donors (Lipinski definition) is 1. The lowest BCUT2D eigenvalue weighted by Crippen LogP contribution is -2.39. The van der Waals surface area contributed by atoms with Crippen molar-refractivity contribution in [2.24, 2.45) is 0 Å². The Hall–Kier alpha value is -1.16. The van der Waals surface area contributed by atoms with Crippen LogP contribution in [-0.2, 0) is 6.54 Å². The molecule has 0 saturated carbocycles. The van der Waals surface area contributed by atoms with Crippen molar-refractivity contribution in [3.63, 3.8) is 0 Å². The second kappa shape index (κ2) is 6.08. The van der Waals surface area contributed by atoms with Crippen LogP contribution in [0.15, 0.2) is 6.20 Å². The zero-order valence-electron chi connectivity index (χ0n) is 13.5. The Morgan fingerprint density at radius 1 is 1.40 bits per heavy atom. The average Bonchev–Trinajstić information content (AvgIpc) is 2.75. The summed E-state index contributed by atoms with van der Waals surface area (Å²) in [7, 11) is 0. The average molecular weight is 276 g/mol. The van der Waals surface area contributed by atoms with E-state index in [0.29, 0.717) is 5.92 Å². The quantitative estimate of drug-likeness (QED) is 0.897. The molecule has 0 atom stereocenters. The highest BCUT2D eigenvalue weighted by molar-refractivity contribution is 5.52. The summed E-state index contributed by atoms with van der Waals surface area (Å²) in [6, 6.07) is 0. The third kappa shape index (κ3) is 3.11. The third-order valence-corrected chi connectivity index (χ3v) is 4.11. The predicted octanol–water partition coefficient (Wildman–Crippen LogP) is 3.09. The summed E-state index contributed by atoms with van der Waals surface area (Å²) in [5.41, 5.74) is 2.56. The van der Waals surface area contributed by atoms with Gasteiger partial charge in [-0.15, -0.1) is 0 Å². The van der Waals surface area contributed by atoms with E-state index in [4.69, 9.17) is 4.98 Å². The molecule has 2 rings (SSSR count). The molecule has 0 radical (unpaired) electrons. The second-order valence-electron chi connectivity index (χ2n) is 6.56. The highest BCUT2D eigenvalue weighted by Crippen LogP contribution is 2.35. The van der Waals surface area contributed by atoms with Crippen LogP contribution in [0, 0.1) is 0 Å². The Balaban J connectivity index is 2.35. The van der Waals surface area contributed by atoms with Crippen molar-refractivity contribution in [2.75, 3.05) is 18.0 Å². The minimum absolute atomic E-state index is 0.212. The summed E-state index contributed by atoms with van der Waals surface area (Å²) in [5, 5.41) is 3.40. The molecule has 4 nitrogen and oxygen atoms in total. The first-order valence-electron chi connectivity index (χ1n) is 7.80. The molecule has 112 valence electrons. The van der Waals surface area contributed by atoms with E-state index in [9.17, 15) is 0 Å². The van der Waals surface area contributed by atoms with E-state index in [0.717, 1.165) is 31.2 Å². The van der Waals surface area contributed by atoms with Crippen LogP contribution in [0.3, 0.4) is 0 Å². The normalized spacial score (nSPS) is 18.0. The van der Waals surface area contributed by atoms with Crippen molar-refractivity contribution in [3.8, 4) is 0 Å². The molecule has 1 aliphatic heterocycles. The molecule has 1 N–H and O–H groups in total. The van der Waals surface area contributed by atoms with E-state index in [1.54, 1.807) is 0 Å². The zero-order chi connectivity index (χ0) is 14.8. The molecule has 1 aromatic rings. The van der Waals surface area contributed by atoms with Gasteiger partial charge in [0.25, 0.3) is 0 Å². The molecule has 1 aromatic heterocycles. The smallest absolute Gasteiger partial charge is 0.131 e. The highest BCUT2D eigenvalue weighted by atomic mass is 15.2. The van der Waals surface area contributed by atoms with E-state index in [2.05, 4.69) is 49.8 Å². The maximum atomic E-state index is 4.80. The minimum atomic E-state index is 0.212. The van der Waals surface area contributed by atoms with Gasteiger partial charge in [0.2, 0.25) is 0 Å². The fourth-order valence-corrected chi connectivity index (χ4v) is 2.86. The molecular formula is C16H28N4. The van der Waals surface area contributed by atoms with E-state index in [1.807, 2.05) is 6.20 Å². The summed E-state index contributed by atoms with van der Waals surface area (Å²) in [6.07, 6.45) is 4.52. The van der Waals surface area contributed by atoms with Crippen LogP contribution in [0.4, 0.5) is 5.69 Å². The molecule has 1 saturated heterocycles. The van der Waals surface area contributed by atoms with E-state index >= 15 is 0 Å². The van der Waals surface area contributed by atoms with Gasteiger partial charge in [-0.3, -0.25) is 0 Å². The fraction of sp³-hybridized carbons (Fsp3) is 0.750. The molecule has 1 aliphatic rings. The molecule has 0 bridgehead atoms. The first-order valence-corrected chi connectivity index (χ1v) is 7.80. The maximum Gasteiger partial charge on any atom is 0.131 e. The largest absolute Gasteiger partial charge is 0.364 e. The SMILES string of the molecule is CCNCc1nc(C(C)C)ncc1N1CCCC1(C)C. The zero-order valence-corrected chi connectivity index (χ0v) is 13.5. The molecule has 0 aromatic carbocycles. The van der Waals surface area contributed by atoms with Crippen molar-refractivity contribution < 1.29 is 0 Å². The van der Waals surface area contributed by atoms with Crippen LogP contribution < -0.4 is 10.2 Å². The number of anilines is 1. The lowest BCUT2D eigenvalue weighted by Gasteiger charge is -2.34. The number of hydrogen-bond acceptors (Lipinski definition) is 4. The molecule has 1 fully saturated rings. The molecule has 0 spiro atoms. The Morgan fingerprint density at radius 2 is 2.15 bits per heavy atom. The van der Waals surface area contributed by atoms with Gasteiger partial charge in [-0.25, -0.2) is 9.97 Å². The van der Waals surface area contributed by atoms with E-state index in [-0.39, 0.29) is 5.54 Å². The van der Waals surface area contributed by atoms with Crippen LogP contribution >= 0.6 is 0 Å². The minimum Gasteiger partial charge on any atom is -0.364 e. The van der Waals surface area contributed by atoms with E-state index < -0.39 is 0 Å². The third-order valence-electron chi connectivity index (χ3n) is 4.11. The van der Waals surface area contributed by atoms with Crippen LogP contribution in [0.5, 0.6) is 0 Å². The molecule has 0 aliphatic carbocycles. The van der Waals surface area contributed by atoms with Gasteiger partial charge >= 0.3 is 0 Å². The van der Waals surface area contributed by atoms with Gasteiger partial charge in [-0.2, -0.15) is 0 Å². The summed E-state index contributed by atoms with van der Waals surface area (Å²) in [4.78, 5) is 11.9. The molecular weight excluding hydrogens is 248 g/mol. The van der Waals surface area contributed by atoms with Crippen LogP contribution in [0.2, 0.25) is 0 Å². The Labute approximate surface area is 123 Å². The molecule has 0 amide bonds. The number of nitrogens with zero attached hydrogens (tertiary/aromatic N) is 3. The van der Waals surface area contributed by atoms with Crippen molar-refractivity contribution in [1.82, 2.24) is 15.3 Å². The number of rotatable bonds is 5. The van der Waals surface area contributed by atoms with E-state index in [1.165, 1.54) is 18.5 Å². The first kappa shape index (κ1) is 15.2. The van der Waals surface area contributed by atoms with Crippen molar-refractivity contribution in [3.05, 3.63) is 17.7 Å². The van der Waals surface area contributed by atoms with Crippen molar-refractivity contribution in [2.45, 2.75) is 65.5 Å². The molecule has 4 heteroatoms. The summed E-state index contributed by atoms with van der Waals surface area (Å²) >= 11 is 0. The van der Waals surface area contributed by atoms with Crippen LogP contribution in [0.25, 0.3) is 0 Å². The fourth-order valence-electron chi connectivity index (χ4n) is 2.86. The van der Waals surface area contributed by atoms with Gasteiger partial charge in [0.15, 0.2) is 0 Å². The first-order chi connectivity index (χ1) is 9.45. The molecule has 2 heterocycles. The Kier molecular flexibility index (Phi) is 4.63. The van der Waals surface area contributed by atoms with Gasteiger partial charge in [-0.05, 0) is 33.2 Å². The summed E-state index contributed by atoms with van der Waals surface area (Å²) in [6.45, 7) is 13.9. The number of aromatic nitrogens is 2. The lowest BCUT2D eigenvalue weighted by molar-refractivity contribution is 0.513. The molecule has 0 unspecified atom stereocenters. The summed E-state index contributed by atoms with van der Waals surface area (Å²) in [5.74, 6) is 1.31. The van der Waals surface area contributed by atoms with Gasteiger partial charge in [0, 0.05) is 24.5 Å². The topological polar surface area (TPSA) is 41.1 Å². The maximum absolute atomic E-state index is 4.80. The Morgan fingerprint density at radius 3 is 2.70 bits per heavy atom. The number of nitrogens with one attached hydrogen (secondary N) is 1. The van der Waals surface area contributed by atoms with Gasteiger partial charge in [-0.1, -0.05) is 20.8 Å². The second-order valence-corrected chi connectivity index (χ2v) is 6.56.